The summed E-state index contributed by atoms with van der Waals surface area (Å²) in [6.45, 7) is 1.97. The SMILES string of the molecule is CNC(C)c1cccc(F)c1Oc1ccccc1CCO. The zero-order valence-corrected chi connectivity index (χ0v) is 12.3. The predicted octanol–water partition coefficient (Wildman–Crippen LogP) is 3.43. The van der Waals surface area contributed by atoms with E-state index in [0.29, 0.717) is 12.2 Å². The molecule has 0 aromatic heterocycles. The van der Waals surface area contributed by atoms with Crippen LogP contribution in [0.2, 0.25) is 0 Å². The van der Waals surface area contributed by atoms with Gasteiger partial charge in [0, 0.05) is 18.2 Å². The molecule has 2 aromatic rings. The predicted molar refractivity (Wildman–Crippen MR) is 81.2 cm³/mol. The Hall–Kier alpha value is -1.91. The average Bonchev–Trinajstić information content (AvgIpc) is 2.50. The molecule has 0 aliphatic rings. The van der Waals surface area contributed by atoms with Crippen molar-refractivity contribution in [1.29, 1.82) is 0 Å². The van der Waals surface area contributed by atoms with Gasteiger partial charge in [0.05, 0.1) is 0 Å². The van der Waals surface area contributed by atoms with Gasteiger partial charge in [0.25, 0.3) is 0 Å². The van der Waals surface area contributed by atoms with Crippen LogP contribution in [0.15, 0.2) is 42.5 Å². The number of ether oxygens (including phenoxy) is 1. The van der Waals surface area contributed by atoms with Gasteiger partial charge in [0.1, 0.15) is 5.75 Å². The molecule has 0 fully saturated rings. The highest BCUT2D eigenvalue weighted by Gasteiger charge is 2.16. The highest BCUT2D eigenvalue weighted by Crippen LogP contribution is 2.33. The van der Waals surface area contributed by atoms with Crippen molar-refractivity contribution in [3.8, 4) is 11.5 Å². The van der Waals surface area contributed by atoms with E-state index in [2.05, 4.69) is 5.32 Å². The molecular formula is C17H20FNO2. The second kappa shape index (κ2) is 7.20. The van der Waals surface area contributed by atoms with E-state index >= 15 is 0 Å². The van der Waals surface area contributed by atoms with Gasteiger partial charge < -0.3 is 15.2 Å². The van der Waals surface area contributed by atoms with Gasteiger partial charge >= 0.3 is 0 Å². The third kappa shape index (κ3) is 3.60. The molecule has 4 heteroatoms. The minimum absolute atomic E-state index is 0.0252. The summed E-state index contributed by atoms with van der Waals surface area (Å²) in [5.41, 5.74) is 1.61. The third-order valence-electron chi connectivity index (χ3n) is 3.46. The van der Waals surface area contributed by atoms with E-state index in [1.54, 1.807) is 12.1 Å². The number of hydrogen-bond acceptors (Lipinski definition) is 3. The van der Waals surface area contributed by atoms with E-state index < -0.39 is 5.82 Å². The van der Waals surface area contributed by atoms with Crippen LogP contribution in [0.1, 0.15) is 24.1 Å². The molecule has 2 aromatic carbocycles. The van der Waals surface area contributed by atoms with Gasteiger partial charge in [0.15, 0.2) is 11.6 Å². The summed E-state index contributed by atoms with van der Waals surface area (Å²) in [4.78, 5) is 0. The van der Waals surface area contributed by atoms with Gasteiger partial charge in [-0.1, -0.05) is 30.3 Å². The highest BCUT2D eigenvalue weighted by atomic mass is 19.1. The van der Waals surface area contributed by atoms with Crippen LogP contribution in [-0.4, -0.2) is 18.8 Å². The van der Waals surface area contributed by atoms with Gasteiger partial charge in [-0.2, -0.15) is 0 Å². The highest BCUT2D eigenvalue weighted by molar-refractivity contribution is 5.43. The third-order valence-corrected chi connectivity index (χ3v) is 3.46. The van der Waals surface area contributed by atoms with E-state index in [0.717, 1.165) is 11.1 Å². The molecule has 2 N–H and O–H groups in total. The van der Waals surface area contributed by atoms with Crippen molar-refractivity contribution in [1.82, 2.24) is 5.32 Å². The Morgan fingerprint density at radius 3 is 2.67 bits per heavy atom. The van der Waals surface area contributed by atoms with Crippen LogP contribution in [0.3, 0.4) is 0 Å². The normalized spacial score (nSPS) is 12.2. The second-order valence-corrected chi connectivity index (χ2v) is 4.85. The molecule has 0 bridgehead atoms. The summed E-state index contributed by atoms with van der Waals surface area (Å²) in [5, 5.41) is 12.2. The van der Waals surface area contributed by atoms with Crippen LogP contribution < -0.4 is 10.1 Å². The van der Waals surface area contributed by atoms with Gasteiger partial charge in [-0.3, -0.25) is 0 Å². The van der Waals surface area contributed by atoms with Crippen molar-refractivity contribution < 1.29 is 14.2 Å². The van der Waals surface area contributed by atoms with Crippen LogP contribution in [-0.2, 0) is 6.42 Å². The Morgan fingerprint density at radius 2 is 1.95 bits per heavy atom. The summed E-state index contributed by atoms with van der Waals surface area (Å²) < 4.78 is 20.0. The molecule has 0 saturated carbocycles. The van der Waals surface area contributed by atoms with Crippen LogP contribution in [0.5, 0.6) is 11.5 Å². The average molecular weight is 289 g/mol. The largest absolute Gasteiger partial charge is 0.454 e. The zero-order valence-electron chi connectivity index (χ0n) is 12.3. The van der Waals surface area contributed by atoms with E-state index in [-0.39, 0.29) is 18.4 Å². The van der Waals surface area contributed by atoms with Crippen LogP contribution in [0.25, 0.3) is 0 Å². The number of nitrogens with one attached hydrogen (secondary N) is 1. The van der Waals surface area contributed by atoms with Crippen molar-refractivity contribution in [2.45, 2.75) is 19.4 Å². The van der Waals surface area contributed by atoms with Crippen molar-refractivity contribution in [3.63, 3.8) is 0 Å². The van der Waals surface area contributed by atoms with E-state index in [1.165, 1.54) is 6.07 Å². The maximum atomic E-state index is 14.1. The fourth-order valence-electron chi connectivity index (χ4n) is 2.17. The molecule has 0 amide bonds. The fraction of sp³-hybridized carbons (Fsp3) is 0.294. The molecule has 0 aliphatic carbocycles. The molecule has 1 atom stereocenters. The Balaban J connectivity index is 2.40. The van der Waals surface area contributed by atoms with Gasteiger partial charge in [0.2, 0.25) is 0 Å². The minimum Gasteiger partial charge on any atom is -0.454 e. The molecule has 0 heterocycles. The standard InChI is InChI=1S/C17H20FNO2/c1-12(19-2)14-7-5-8-15(18)17(14)21-16-9-4-3-6-13(16)10-11-20/h3-9,12,19-20H,10-11H2,1-2H3. The molecule has 0 aliphatic heterocycles. The first-order valence-corrected chi connectivity index (χ1v) is 6.99. The second-order valence-electron chi connectivity index (χ2n) is 4.85. The van der Waals surface area contributed by atoms with Crippen LogP contribution in [0.4, 0.5) is 4.39 Å². The Kier molecular flexibility index (Phi) is 5.31. The van der Waals surface area contributed by atoms with E-state index in [4.69, 9.17) is 9.84 Å². The van der Waals surface area contributed by atoms with Crippen molar-refractivity contribution in [3.05, 3.63) is 59.4 Å². The summed E-state index contributed by atoms with van der Waals surface area (Å²) >= 11 is 0. The zero-order chi connectivity index (χ0) is 15.2. The Morgan fingerprint density at radius 1 is 1.19 bits per heavy atom. The quantitative estimate of drug-likeness (QED) is 0.856. The summed E-state index contributed by atoms with van der Waals surface area (Å²) in [5.74, 6) is 0.402. The number of halogens is 1. The number of benzene rings is 2. The van der Waals surface area contributed by atoms with Gasteiger partial charge in [-0.25, -0.2) is 4.39 Å². The lowest BCUT2D eigenvalue weighted by molar-refractivity contribution is 0.297. The number of para-hydroxylation sites is 2. The van der Waals surface area contributed by atoms with E-state index in [9.17, 15) is 4.39 Å². The smallest absolute Gasteiger partial charge is 0.167 e. The number of rotatable bonds is 6. The lowest BCUT2D eigenvalue weighted by Gasteiger charge is -2.18. The molecular weight excluding hydrogens is 269 g/mol. The summed E-state index contributed by atoms with van der Waals surface area (Å²) in [7, 11) is 1.82. The van der Waals surface area contributed by atoms with E-state index in [1.807, 2.05) is 38.2 Å². The lowest BCUT2D eigenvalue weighted by atomic mass is 10.1. The van der Waals surface area contributed by atoms with Crippen molar-refractivity contribution >= 4 is 0 Å². The molecule has 0 radical (unpaired) electrons. The monoisotopic (exact) mass is 289 g/mol. The number of aliphatic hydroxyl groups is 1. The first-order valence-electron chi connectivity index (χ1n) is 6.99. The van der Waals surface area contributed by atoms with Gasteiger partial charge in [-0.15, -0.1) is 0 Å². The molecule has 112 valence electrons. The minimum atomic E-state index is -0.395. The van der Waals surface area contributed by atoms with Crippen molar-refractivity contribution in [2.75, 3.05) is 13.7 Å². The first kappa shape index (κ1) is 15.5. The lowest BCUT2D eigenvalue weighted by Crippen LogP contribution is -2.14. The molecule has 1 unspecified atom stereocenters. The first-order chi connectivity index (χ1) is 10.2. The topological polar surface area (TPSA) is 41.5 Å². The molecule has 2 rings (SSSR count). The maximum Gasteiger partial charge on any atom is 0.167 e. The van der Waals surface area contributed by atoms with Crippen molar-refractivity contribution in [2.24, 2.45) is 0 Å². The molecule has 3 nitrogen and oxygen atoms in total. The maximum absolute atomic E-state index is 14.1. The van der Waals surface area contributed by atoms with Crippen LogP contribution >= 0.6 is 0 Å². The number of hydrogen-bond donors (Lipinski definition) is 2. The fourth-order valence-corrected chi connectivity index (χ4v) is 2.17. The Bertz CT molecular complexity index is 601. The summed E-state index contributed by atoms with van der Waals surface area (Å²) in [6, 6.07) is 12.2. The van der Waals surface area contributed by atoms with Gasteiger partial charge in [-0.05, 0) is 38.1 Å². The number of aliphatic hydroxyl groups excluding tert-OH is 1. The molecule has 0 spiro atoms. The summed E-state index contributed by atoms with van der Waals surface area (Å²) in [6.07, 6.45) is 0.474. The Labute approximate surface area is 124 Å². The van der Waals surface area contributed by atoms with Crippen LogP contribution in [0, 0.1) is 5.82 Å². The molecule has 21 heavy (non-hydrogen) atoms. The molecule has 0 saturated heterocycles.